The summed E-state index contributed by atoms with van der Waals surface area (Å²) in [6, 6.07) is 9.51. The van der Waals surface area contributed by atoms with Crippen molar-refractivity contribution in [3.63, 3.8) is 0 Å². The summed E-state index contributed by atoms with van der Waals surface area (Å²) in [4.78, 5) is 20.2. The van der Waals surface area contributed by atoms with Crippen molar-refractivity contribution in [1.29, 1.82) is 0 Å². The van der Waals surface area contributed by atoms with Gasteiger partial charge in [0.2, 0.25) is 0 Å². The average molecular weight is 277 g/mol. The Kier molecular flexibility index (Phi) is 4.12. The highest BCUT2D eigenvalue weighted by atomic mass is 35.5. The summed E-state index contributed by atoms with van der Waals surface area (Å²) in [5.74, 6) is -0.558. The molecule has 1 aromatic carbocycles. The van der Waals surface area contributed by atoms with Crippen LogP contribution in [-0.4, -0.2) is 22.5 Å². The summed E-state index contributed by atoms with van der Waals surface area (Å²) in [5, 5.41) is 0.0654. The fourth-order valence-corrected chi connectivity index (χ4v) is 1.94. The van der Waals surface area contributed by atoms with Crippen molar-refractivity contribution >= 4 is 17.6 Å². The van der Waals surface area contributed by atoms with Crippen molar-refractivity contribution in [2.24, 2.45) is 0 Å². The highest BCUT2D eigenvalue weighted by Crippen LogP contribution is 2.23. The molecule has 0 aliphatic rings. The van der Waals surface area contributed by atoms with Gasteiger partial charge in [0.15, 0.2) is 10.8 Å². The van der Waals surface area contributed by atoms with E-state index in [1.807, 2.05) is 30.3 Å². The molecule has 98 valence electrons. The van der Waals surface area contributed by atoms with E-state index in [-0.39, 0.29) is 17.5 Å². The first-order chi connectivity index (χ1) is 9.13. The zero-order valence-electron chi connectivity index (χ0n) is 10.7. The average Bonchev–Trinajstić information content (AvgIpc) is 2.40. The van der Waals surface area contributed by atoms with E-state index in [4.69, 9.17) is 16.3 Å². The summed E-state index contributed by atoms with van der Waals surface area (Å²) in [6.07, 6.45) is 0. The first-order valence-corrected chi connectivity index (χ1v) is 6.28. The van der Waals surface area contributed by atoms with Crippen LogP contribution in [-0.2, 0) is 4.74 Å². The van der Waals surface area contributed by atoms with E-state index < -0.39 is 5.97 Å². The fraction of sp³-hybridized carbons (Fsp3) is 0.214. The number of ether oxygens (including phenoxy) is 1. The third kappa shape index (κ3) is 2.90. The molecule has 2 aromatic rings. The molecule has 0 radical (unpaired) electrons. The number of carbonyl (C=O) groups is 1. The van der Waals surface area contributed by atoms with Crippen molar-refractivity contribution in [3.05, 3.63) is 46.9 Å². The highest BCUT2D eigenvalue weighted by molar-refractivity contribution is 6.32. The molecule has 0 fully saturated rings. The predicted molar refractivity (Wildman–Crippen MR) is 73.2 cm³/mol. The Balaban J connectivity index is 2.51. The number of nitrogens with zero attached hydrogens (tertiary/aromatic N) is 2. The first kappa shape index (κ1) is 13.5. The number of aromatic nitrogens is 2. The van der Waals surface area contributed by atoms with E-state index in [0.717, 1.165) is 5.56 Å². The van der Waals surface area contributed by atoms with Crippen LogP contribution in [0.3, 0.4) is 0 Å². The minimum absolute atomic E-state index is 0.0490. The summed E-state index contributed by atoms with van der Waals surface area (Å²) < 4.78 is 4.91. The van der Waals surface area contributed by atoms with E-state index in [1.54, 1.807) is 13.8 Å². The van der Waals surface area contributed by atoms with Crippen molar-refractivity contribution in [2.45, 2.75) is 13.8 Å². The van der Waals surface area contributed by atoms with Crippen molar-refractivity contribution in [2.75, 3.05) is 6.61 Å². The fourth-order valence-electron chi connectivity index (χ4n) is 1.69. The monoisotopic (exact) mass is 276 g/mol. The lowest BCUT2D eigenvalue weighted by Gasteiger charge is -2.08. The molecule has 5 heteroatoms. The molecule has 19 heavy (non-hydrogen) atoms. The molecule has 0 aliphatic carbocycles. The minimum atomic E-state index is -0.558. The van der Waals surface area contributed by atoms with Gasteiger partial charge in [0.05, 0.1) is 18.0 Å². The van der Waals surface area contributed by atoms with E-state index in [1.165, 1.54) is 0 Å². The smallest absolute Gasteiger partial charge is 0.360 e. The van der Waals surface area contributed by atoms with E-state index >= 15 is 0 Å². The number of aryl methyl sites for hydroxylation is 1. The van der Waals surface area contributed by atoms with E-state index in [9.17, 15) is 4.79 Å². The number of benzene rings is 1. The van der Waals surface area contributed by atoms with Gasteiger partial charge in [-0.3, -0.25) is 0 Å². The Bertz CT molecular complexity index is 600. The number of hydrogen-bond donors (Lipinski definition) is 0. The third-order valence-electron chi connectivity index (χ3n) is 2.54. The molecule has 0 bridgehead atoms. The number of rotatable bonds is 3. The summed E-state index contributed by atoms with van der Waals surface area (Å²) >= 11 is 5.95. The Morgan fingerprint density at radius 3 is 2.58 bits per heavy atom. The Morgan fingerprint density at radius 2 is 1.95 bits per heavy atom. The van der Waals surface area contributed by atoms with Crippen LogP contribution in [0.2, 0.25) is 5.15 Å². The zero-order valence-corrected chi connectivity index (χ0v) is 11.4. The molecule has 0 saturated carbocycles. The van der Waals surface area contributed by atoms with Gasteiger partial charge in [-0.15, -0.1) is 0 Å². The topological polar surface area (TPSA) is 52.1 Å². The Morgan fingerprint density at radius 1 is 1.26 bits per heavy atom. The highest BCUT2D eigenvalue weighted by Gasteiger charge is 2.18. The van der Waals surface area contributed by atoms with Crippen LogP contribution in [0.5, 0.6) is 0 Å². The maximum absolute atomic E-state index is 11.8. The van der Waals surface area contributed by atoms with Gasteiger partial charge in [0.1, 0.15) is 0 Å². The molecule has 4 nitrogen and oxygen atoms in total. The third-order valence-corrected chi connectivity index (χ3v) is 2.81. The van der Waals surface area contributed by atoms with Crippen molar-refractivity contribution < 1.29 is 9.53 Å². The van der Waals surface area contributed by atoms with Gasteiger partial charge in [-0.2, -0.15) is 0 Å². The van der Waals surface area contributed by atoms with Crippen molar-refractivity contribution in [3.8, 4) is 11.3 Å². The van der Waals surface area contributed by atoms with Gasteiger partial charge in [-0.25, -0.2) is 14.8 Å². The second-order valence-corrected chi connectivity index (χ2v) is 4.24. The quantitative estimate of drug-likeness (QED) is 0.807. The van der Waals surface area contributed by atoms with Gasteiger partial charge in [-0.1, -0.05) is 41.9 Å². The normalized spacial score (nSPS) is 10.3. The van der Waals surface area contributed by atoms with Crippen LogP contribution < -0.4 is 0 Å². The molecule has 1 heterocycles. The maximum Gasteiger partial charge on any atom is 0.360 e. The lowest BCUT2D eigenvalue weighted by Crippen LogP contribution is -2.10. The molecule has 0 spiro atoms. The number of carbonyl (C=O) groups excluding carboxylic acids is 1. The van der Waals surface area contributed by atoms with Crippen LogP contribution in [0.15, 0.2) is 30.3 Å². The largest absolute Gasteiger partial charge is 0.461 e. The van der Waals surface area contributed by atoms with Gasteiger partial charge in [0.25, 0.3) is 0 Å². The molecule has 0 atom stereocenters. The summed E-state index contributed by atoms with van der Waals surface area (Å²) in [6.45, 7) is 3.80. The number of halogens is 1. The minimum Gasteiger partial charge on any atom is -0.461 e. The first-order valence-electron chi connectivity index (χ1n) is 5.90. The van der Waals surface area contributed by atoms with Gasteiger partial charge in [0, 0.05) is 5.56 Å². The van der Waals surface area contributed by atoms with Gasteiger partial charge in [-0.05, 0) is 13.8 Å². The van der Waals surface area contributed by atoms with Crippen LogP contribution in [0, 0.1) is 6.92 Å². The zero-order chi connectivity index (χ0) is 13.8. The standard InChI is InChI=1S/C14H13ClN2O2/c1-3-19-14(18)12-13(15)16-9(2)11(17-12)10-7-5-4-6-8-10/h4-8H,3H2,1-2H3. The summed E-state index contributed by atoms with van der Waals surface area (Å²) in [5.41, 5.74) is 2.24. The molecule has 0 unspecified atom stereocenters. The second-order valence-electron chi connectivity index (χ2n) is 3.88. The van der Waals surface area contributed by atoms with Gasteiger partial charge < -0.3 is 4.74 Å². The lowest BCUT2D eigenvalue weighted by atomic mass is 10.1. The maximum atomic E-state index is 11.8. The number of hydrogen-bond acceptors (Lipinski definition) is 4. The molecule has 0 N–H and O–H groups in total. The molecule has 0 aliphatic heterocycles. The van der Waals surface area contributed by atoms with Crippen molar-refractivity contribution in [1.82, 2.24) is 9.97 Å². The predicted octanol–water partition coefficient (Wildman–Crippen LogP) is 3.28. The second kappa shape index (κ2) is 5.80. The Hall–Kier alpha value is -1.94. The molecular weight excluding hydrogens is 264 g/mol. The Labute approximate surface area is 116 Å². The molecular formula is C14H13ClN2O2. The molecule has 0 amide bonds. The number of esters is 1. The lowest BCUT2D eigenvalue weighted by molar-refractivity contribution is 0.0519. The SMILES string of the molecule is CCOC(=O)c1nc(-c2ccccc2)c(C)nc1Cl. The summed E-state index contributed by atoms with van der Waals surface area (Å²) in [7, 11) is 0. The van der Waals surface area contributed by atoms with Crippen LogP contribution in [0.25, 0.3) is 11.3 Å². The van der Waals surface area contributed by atoms with Crippen LogP contribution in [0.1, 0.15) is 23.1 Å². The van der Waals surface area contributed by atoms with Gasteiger partial charge >= 0.3 is 5.97 Å². The van der Waals surface area contributed by atoms with Crippen LogP contribution >= 0.6 is 11.6 Å². The van der Waals surface area contributed by atoms with E-state index in [2.05, 4.69) is 9.97 Å². The molecule has 1 aromatic heterocycles. The molecule has 0 saturated heterocycles. The molecule has 2 rings (SSSR count). The van der Waals surface area contributed by atoms with Crippen LogP contribution in [0.4, 0.5) is 0 Å². The van der Waals surface area contributed by atoms with E-state index in [0.29, 0.717) is 11.4 Å².